The van der Waals surface area contributed by atoms with Crippen LogP contribution in [0.2, 0.25) is 0 Å². The molecule has 232 valence electrons. The molecular formula is C35H36O8U2. The maximum absolute atomic E-state index is 10.7. The van der Waals surface area contributed by atoms with Gasteiger partial charge in [0, 0.05) is 12.2 Å². The summed E-state index contributed by atoms with van der Waals surface area (Å²) in [5.41, 5.74) is 2.14. The van der Waals surface area contributed by atoms with Gasteiger partial charge in [0.15, 0.2) is 0 Å². The Balaban J connectivity index is 0. The van der Waals surface area contributed by atoms with Gasteiger partial charge in [0.25, 0.3) is 0 Å². The Morgan fingerprint density at radius 2 is 1.09 bits per heavy atom. The van der Waals surface area contributed by atoms with Crippen LogP contribution in [0, 0.1) is 81.3 Å². The Hall–Kier alpha value is -2.88. The van der Waals surface area contributed by atoms with Crippen molar-refractivity contribution in [1.29, 1.82) is 0 Å². The topological polar surface area (TPSA) is 105 Å². The van der Waals surface area contributed by atoms with Crippen LogP contribution in [0.1, 0.15) is 42.4 Å². The molecule has 0 atom stereocenters. The smallest absolute Gasteiger partial charge is 0.496 e. The third-order valence-electron chi connectivity index (χ3n) is 5.17. The van der Waals surface area contributed by atoms with Crippen LogP contribution in [-0.2, 0) is 28.7 Å². The van der Waals surface area contributed by atoms with E-state index >= 15 is 0 Å². The van der Waals surface area contributed by atoms with Gasteiger partial charge >= 0.3 is 74.2 Å². The molecule has 0 N–H and O–H groups in total. The van der Waals surface area contributed by atoms with E-state index < -0.39 is 11.9 Å². The van der Waals surface area contributed by atoms with Crippen molar-refractivity contribution in [2.75, 3.05) is 26.4 Å². The second kappa shape index (κ2) is 29.8. The molecule has 3 rings (SSSR count). The molecule has 0 bridgehead atoms. The molecule has 0 aliphatic rings. The molecule has 0 aliphatic heterocycles. The van der Waals surface area contributed by atoms with Gasteiger partial charge in [-0.25, -0.2) is 9.59 Å². The van der Waals surface area contributed by atoms with Crippen molar-refractivity contribution in [2.24, 2.45) is 0 Å². The van der Waals surface area contributed by atoms with E-state index in [1.54, 1.807) is 61.1 Å². The molecular weight excluding hydrogens is 1020 g/mol. The summed E-state index contributed by atoms with van der Waals surface area (Å²) in [6.07, 6.45) is 8.91. The van der Waals surface area contributed by atoms with Crippen molar-refractivity contribution in [2.45, 2.75) is 32.6 Å². The summed E-state index contributed by atoms with van der Waals surface area (Å²) < 4.78 is 20.5. The fraction of sp³-hybridized carbons (Fsp3) is 0.257. The Bertz CT molecular complexity index is 1150. The van der Waals surface area contributed by atoms with Gasteiger partial charge in [-0.2, -0.15) is 35.4 Å². The number of ether oxygens (including phenoxy) is 4. The zero-order valence-electron chi connectivity index (χ0n) is 25.3. The van der Waals surface area contributed by atoms with Crippen molar-refractivity contribution < 1.29 is 100 Å². The minimum Gasteiger partial charge on any atom is -0.496 e. The van der Waals surface area contributed by atoms with Gasteiger partial charge in [0.2, 0.25) is 0 Å². The van der Waals surface area contributed by atoms with E-state index in [1.165, 1.54) is 0 Å². The molecule has 3 aromatic carbocycles. The summed E-state index contributed by atoms with van der Waals surface area (Å²) in [5, 5.41) is 0. The van der Waals surface area contributed by atoms with Crippen molar-refractivity contribution in [3.8, 4) is 11.5 Å². The van der Waals surface area contributed by atoms with Gasteiger partial charge in [-0.05, 0) is 25.7 Å². The Labute approximate surface area is 313 Å². The molecule has 0 spiro atoms. The van der Waals surface area contributed by atoms with Gasteiger partial charge in [-0.3, -0.25) is 23.8 Å². The Morgan fingerprint density at radius 3 is 1.38 bits per heavy atom. The molecule has 0 fully saturated rings. The number of rotatable bonds is 16. The van der Waals surface area contributed by atoms with Crippen LogP contribution in [0.15, 0.2) is 92.0 Å². The van der Waals surface area contributed by atoms with Gasteiger partial charge in [0.1, 0.15) is 0 Å². The minimum atomic E-state index is -0.406. The summed E-state index contributed by atoms with van der Waals surface area (Å²) in [6, 6.07) is 25.0. The average Bonchev–Trinajstić information content (AvgIpc) is 3.05. The van der Waals surface area contributed by atoms with Crippen LogP contribution in [0.3, 0.4) is 0 Å². The van der Waals surface area contributed by atoms with Crippen LogP contribution in [0.25, 0.3) is 0 Å². The molecule has 3 aromatic rings. The molecule has 45 heavy (non-hydrogen) atoms. The zero-order valence-corrected chi connectivity index (χ0v) is 33.7. The number of hydrogen-bond acceptors (Lipinski definition) is 8. The number of hydrogen-bond donors (Lipinski definition) is 0. The van der Waals surface area contributed by atoms with Crippen LogP contribution in [0.5, 0.6) is 11.5 Å². The van der Waals surface area contributed by atoms with Crippen LogP contribution < -0.4 is 9.47 Å². The number of carbonyl (C=O) groups is 2. The van der Waals surface area contributed by atoms with E-state index in [4.69, 9.17) is 18.9 Å². The summed E-state index contributed by atoms with van der Waals surface area (Å²) in [6.45, 7) is 10.4. The summed E-state index contributed by atoms with van der Waals surface area (Å²) in [4.78, 5) is 42.1. The maximum atomic E-state index is 10.7. The SMILES string of the molecule is C=CC(=O)OCCCCOc1ccc([C-]=O)cc1.C=CC(=O)OCCCCOc1ccc([C-]=O)cc1.Cc1[c-]cc[c-]c1.[U+2].[U+2]. The molecule has 0 radical (unpaired) electrons. The molecule has 0 heterocycles. The number of benzene rings is 3. The predicted octanol–water partition coefficient (Wildman–Crippen LogP) is 5.66. The average molecular weight is 1060 g/mol. The van der Waals surface area contributed by atoms with E-state index in [9.17, 15) is 19.2 Å². The van der Waals surface area contributed by atoms with Gasteiger partial charge in [-0.1, -0.05) is 37.4 Å². The molecule has 0 aromatic heterocycles. The third kappa shape index (κ3) is 24.1. The van der Waals surface area contributed by atoms with Gasteiger partial charge < -0.3 is 40.7 Å². The van der Waals surface area contributed by atoms with Gasteiger partial charge in [0.05, 0.1) is 50.5 Å². The zero-order chi connectivity index (χ0) is 31.5. The van der Waals surface area contributed by atoms with Crippen molar-refractivity contribution >= 4 is 24.5 Å². The fourth-order valence-corrected chi connectivity index (χ4v) is 2.93. The molecule has 0 amide bonds. The third-order valence-corrected chi connectivity index (χ3v) is 5.17. The Morgan fingerprint density at radius 1 is 0.689 bits per heavy atom. The monoisotopic (exact) mass is 1060 g/mol. The van der Waals surface area contributed by atoms with Gasteiger partial charge in [-0.15, -0.1) is 6.92 Å². The fourth-order valence-electron chi connectivity index (χ4n) is 2.93. The van der Waals surface area contributed by atoms with Crippen LogP contribution >= 0.6 is 0 Å². The van der Waals surface area contributed by atoms with Crippen LogP contribution in [-0.4, -0.2) is 50.9 Å². The van der Waals surface area contributed by atoms with Crippen molar-refractivity contribution in [3.05, 3.63) is 121 Å². The maximum Gasteiger partial charge on any atom is 2.00 e. The normalized spacial score (nSPS) is 9.00. The molecule has 0 aliphatic carbocycles. The summed E-state index contributed by atoms with van der Waals surface area (Å²) >= 11 is 0. The summed E-state index contributed by atoms with van der Waals surface area (Å²) in [7, 11) is 0. The van der Waals surface area contributed by atoms with E-state index in [0.717, 1.165) is 43.4 Å². The first-order valence-corrected chi connectivity index (χ1v) is 13.6. The molecule has 8 nitrogen and oxygen atoms in total. The number of esters is 2. The molecule has 10 heteroatoms. The molecule has 0 unspecified atom stereocenters. The van der Waals surface area contributed by atoms with E-state index in [0.29, 0.717) is 49.1 Å². The predicted molar refractivity (Wildman–Crippen MR) is 163 cm³/mol. The standard InChI is InChI=1S/2C14H15O4.C7H6.2U/c2*1-2-14(16)18-10-4-3-9-17-13-7-5-12(11-15)6-8-13;1-7-5-3-2-4-6-7;;/h2*2,5-8H,1,3-4,9-10H2;2-3,6H,1H3;;/q2*-1;-2;2*+2. The molecule has 0 saturated carbocycles. The largest absolute Gasteiger partial charge is 2.00 e. The quantitative estimate of drug-likeness (QED) is 0.0785. The van der Waals surface area contributed by atoms with Crippen molar-refractivity contribution in [1.82, 2.24) is 0 Å². The summed E-state index contributed by atoms with van der Waals surface area (Å²) in [5.74, 6) is 0.599. The van der Waals surface area contributed by atoms with E-state index in [2.05, 4.69) is 25.3 Å². The molecule has 0 saturated heterocycles. The van der Waals surface area contributed by atoms with Crippen LogP contribution in [0.4, 0.5) is 0 Å². The van der Waals surface area contributed by atoms with Crippen molar-refractivity contribution in [3.63, 3.8) is 0 Å². The first-order chi connectivity index (χ1) is 20.9. The Kier molecular flexibility index (Phi) is 29.3. The van der Waals surface area contributed by atoms with E-state index in [1.807, 2.05) is 25.1 Å². The number of unbranched alkanes of at least 4 members (excludes halogenated alkanes) is 2. The second-order valence-electron chi connectivity index (χ2n) is 8.58. The number of carbonyl (C=O) groups excluding carboxylic acids is 4. The number of aryl methyl sites for hydroxylation is 1. The minimum absolute atomic E-state index is 0. The van der Waals surface area contributed by atoms with E-state index in [-0.39, 0.29) is 62.2 Å². The second-order valence-corrected chi connectivity index (χ2v) is 8.58. The first-order valence-electron chi connectivity index (χ1n) is 13.6. The first kappa shape index (κ1) is 44.2.